The molecule has 5 nitrogen and oxygen atoms in total. The van der Waals surface area contributed by atoms with Crippen molar-refractivity contribution >= 4 is 15.8 Å². The molecule has 0 spiro atoms. The van der Waals surface area contributed by atoms with Gasteiger partial charge in [0.25, 0.3) is 0 Å². The predicted octanol–water partition coefficient (Wildman–Crippen LogP) is 2.72. The Morgan fingerprint density at radius 3 is 2.50 bits per heavy atom. The van der Waals surface area contributed by atoms with Crippen molar-refractivity contribution in [2.45, 2.75) is 39.0 Å². The number of nitrogens with one attached hydrogen (secondary N) is 2. The number of nitrogens with zero attached hydrogens (tertiary/aromatic N) is 1. The smallest absolute Gasteiger partial charge is 0.357 e. The zero-order valence-electron chi connectivity index (χ0n) is 14.8. The van der Waals surface area contributed by atoms with Crippen LogP contribution in [0.15, 0.2) is 23.2 Å². The van der Waals surface area contributed by atoms with Crippen molar-refractivity contribution in [1.82, 2.24) is 10.6 Å². The van der Waals surface area contributed by atoms with Gasteiger partial charge in [0.2, 0.25) is 0 Å². The van der Waals surface area contributed by atoms with Gasteiger partial charge in [0.15, 0.2) is 5.96 Å². The van der Waals surface area contributed by atoms with E-state index in [-0.39, 0.29) is 29.9 Å². The highest BCUT2D eigenvalue weighted by atomic mass is 32.2. The van der Waals surface area contributed by atoms with Crippen molar-refractivity contribution in [3.05, 3.63) is 35.1 Å². The van der Waals surface area contributed by atoms with Crippen LogP contribution in [-0.4, -0.2) is 39.0 Å². The van der Waals surface area contributed by atoms with E-state index in [0.717, 1.165) is 18.4 Å². The second-order valence-electron chi connectivity index (χ2n) is 5.96. The van der Waals surface area contributed by atoms with Gasteiger partial charge in [0.1, 0.15) is 15.7 Å². The van der Waals surface area contributed by atoms with Crippen LogP contribution in [0.25, 0.3) is 0 Å². The van der Waals surface area contributed by atoms with Crippen LogP contribution < -0.4 is 10.6 Å². The summed E-state index contributed by atoms with van der Waals surface area (Å²) >= 11 is 0. The van der Waals surface area contributed by atoms with E-state index in [0.29, 0.717) is 19.0 Å². The summed E-state index contributed by atoms with van der Waals surface area (Å²) in [5, 5.41) is 5.83. The van der Waals surface area contributed by atoms with Crippen molar-refractivity contribution < 1.29 is 26.0 Å². The minimum atomic E-state index is -4.68. The van der Waals surface area contributed by atoms with Crippen LogP contribution in [0.3, 0.4) is 0 Å². The Morgan fingerprint density at radius 1 is 1.31 bits per heavy atom. The SMILES string of the molecule is CCNC(=NCc1ccc(F)cc1C(F)(F)F)NC(C)CCS(C)(=O)=O. The molecule has 2 N–H and O–H groups in total. The van der Waals surface area contributed by atoms with Gasteiger partial charge in [0, 0.05) is 18.8 Å². The molecule has 26 heavy (non-hydrogen) atoms. The molecule has 1 rings (SSSR count). The molecular weight excluding hydrogens is 374 g/mol. The Kier molecular flexibility index (Phi) is 7.86. The molecule has 0 aliphatic rings. The maximum Gasteiger partial charge on any atom is 0.416 e. The summed E-state index contributed by atoms with van der Waals surface area (Å²) in [5.74, 6) is -0.730. The van der Waals surface area contributed by atoms with E-state index in [1.54, 1.807) is 13.8 Å². The highest BCUT2D eigenvalue weighted by Gasteiger charge is 2.33. The number of benzene rings is 1. The van der Waals surface area contributed by atoms with E-state index >= 15 is 0 Å². The van der Waals surface area contributed by atoms with Gasteiger partial charge in [-0.1, -0.05) is 6.07 Å². The van der Waals surface area contributed by atoms with Crippen molar-refractivity contribution in [3.63, 3.8) is 0 Å². The molecule has 1 unspecified atom stereocenters. The number of hydrogen-bond donors (Lipinski definition) is 2. The maximum absolute atomic E-state index is 13.1. The van der Waals surface area contributed by atoms with Gasteiger partial charge in [-0.3, -0.25) is 0 Å². The van der Waals surface area contributed by atoms with Crippen LogP contribution in [-0.2, 0) is 22.6 Å². The summed E-state index contributed by atoms with van der Waals surface area (Å²) in [6, 6.07) is 2.20. The third kappa shape index (κ3) is 8.03. The minimum absolute atomic E-state index is 0.0171. The lowest BCUT2D eigenvalue weighted by molar-refractivity contribution is -0.138. The Bertz CT molecular complexity index is 734. The fraction of sp³-hybridized carbons (Fsp3) is 0.562. The van der Waals surface area contributed by atoms with Crippen LogP contribution in [0.4, 0.5) is 17.6 Å². The molecule has 0 aromatic heterocycles. The zero-order valence-corrected chi connectivity index (χ0v) is 15.6. The van der Waals surface area contributed by atoms with Crippen LogP contribution in [0.5, 0.6) is 0 Å². The van der Waals surface area contributed by atoms with E-state index in [1.807, 2.05) is 0 Å². The number of alkyl halides is 3. The number of halogens is 4. The van der Waals surface area contributed by atoms with Gasteiger partial charge in [-0.25, -0.2) is 17.8 Å². The Hall–Kier alpha value is -1.84. The van der Waals surface area contributed by atoms with Gasteiger partial charge in [-0.05, 0) is 38.0 Å². The highest BCUT2D eigenvalue weighted by molar-refractivity contribution is 7.90. The fourth-order valence-electron chi connectivity index (χ4n) is 2.13. The molecule has 10 heteroatoms. The highest BCUT2D eigenvalue weighted by Crippen LogP contribution is 2.32. The molecule has 0 radical (unpaired) electrons. The molecule has 0 aliphatic carbocycles. The Labute approximate surface area is 150 Å². The first-order valence-corrected chi connectivity index (χ1v) is 10.1. The molecule has 0 fully saturated rings. The largest absolute Gasteiger partial charge is 0.416 e. The number of hydrogen-bond acceptors (Lipinski definition) is 3. The first-order valence-electron chi connectivity index (χ1n) is 8.00. The summed E-state index contributed by atoms with van der Waals surface area (Å²) in [6.45, 7) is 3.71. The lowest BCUT2D eigenvalue weighted by atomic mass is 10.1. The molecule has 1 aromatic rings. The second-order valence-corrected chi connectivity index (χ2v) is 8.22. The zero-order chi connectivity index (χ0) is 20.0. The Balaban J connectivity index is 2.90. The average molecular weight is 397 g/mol. The lowest BCUT2D eigenvalue weighted by Gasteiger charge is -2.18. The second kappa shape index (κ2) is 9.20. The van der Waals surface area contributed by atoms with E-state index in [1.165, 1.54) is 0 Å². The normalized spacial score (nSPS) is 14.2. The minimum Gasteiger partial charge on any atom is -0.357 e. The third-order valence-corrected chi connectivity index (χ3v) is 4.41. The lowest BCUT2D eigenvalue weighted by Crippen LogP contribution is -2.42. The molecule has 1 atom stereocenters. The van der Waals surface area contributed by atoms with Crippen LogP contribution in [0.2, 0.25) is 0 Å². The van der Waals surface area contributed by atoms with Crippen LogP contribution in [0.1, 0.15) is 31.4 Å². The predicted molar refractivity (Wildman–Crippen MR) is 93.1 cm³/mol. The molecule has 148 valence electrons. The van der Waals surface area contributed by atoms with Gasteiger partial charge in [-0.15, -0.1) is 0 Å². The number of guanidine groups is 1. The first kappa shape index (κ1) is 22.2. The van der Waals surface area contributed by atoms with E-state index in [4.69, 9.17) is 0 Å². The van der Waals surface area contributed by atoms with Gasteiger partial charge in [0.05, 0.1) is 17.9 Å². The standard InChI is InChI=1S/C16H23F4N3O2S/c1-4-21-15(23-11(2)7-8-26(3,24)25)22-10-12-5-6-13(17)9-14(12)16(18,19)20/h5-6,9,11H,4,7-8,10H2,1-3H3,(H2,21,22,23). The van der Waals surface area contributed by atoms with Gasteiger partial charge >= 0.3 is 6.18 Å². The van der Waals surface area contributed by atoms with E-state index < -0.39 is 27.4 Å². The van der Waals surface area contributed by atoms with Crippen LogP contribution in [0, 0.1) is 5.82 Å². The van der Waals surface area contributed by atoms with Gasteiger partial charge in [-0.2, -0.15) is 13.2 Å². The van der Waals surface area contributed by atoms with Gasteiger partial charge < -0.3 is 10.6 Å². The molecule has 0 bridgehead atoms. The van der Waals surface area contributed by atoms with Crippen molar-refractivity contribution in [1.29, 1.82) is 0 Å². The number of aliphatic imine (C=N–C) groups is 1. The summed E-state index contributed by atoms with van der Waals surface area (Å²) in [6.07, 6.45) is -3.22. The maximum atomic E-state index is 13.1. The molecule has 0 saturated heterocycles. The van der Waals surface area contributed by atoms with Crippen molar-refractivity contribution in [2.75, 3.05) is 18.6 Å². The van der Waals surface area contributed by atoms with E-state index in [2.05, 4.69) is 15.6 Å². The third-order valence-electron chi connectivity index (χ3n) is 3.43. The summed E-state index contributed by atoms with van der Waals surface area (Å²) in [4.78, 5) is 4.09. The number of rotatable bonds is 7. The quantitative estimate of drug-likeness (QED) is 0.422. The van der Waals surface area contributed by atoms with Crippen molar-refractivity contribution in [3.8, 4) is 0 Å². The Morgan fingerprint density at radius 2 is 1.96 bits per heavy atom. The number of sulfone groups is 1. The molecular formula is C16H23F4N3O2S. The van der Waals surface area contributed by atoms with Crippen LogP contribution >= 0.6 is 0 Å². The monoisotopic (exact) mass is 397 g/mol. The molecule has 1 aromatic carbocycles. The fourth-order valence-corrected chi connectivity index (χ4v) is 2.91. The molecule has 0 amide bonds. The summed E-state index contributed by atoms with van der Waals surface area (Å²) in [5.41, 5.74) is -1.22. The first-order chi connectivity index (χ1) is 11.9. The average Bonchev–Trinajstić information content (AvgIpc) is 2.50. The summed E-state index contributed by atoms with van der Waals surface area (Å²) in [7, 11) is -3.11. The van der Waals surface area contributed by atoms with Crippen molar-refractivity contribution in [2.24, 2.45) is 4.99 Å². The van der Waals surface area contributed by atoms with E-state index in [9.17, 15) is 26.0 Å². The topological polar surface area (TPSA) is 70.6 Å². The molecule has 0 heterocycles. The molecule has 0 saturated carbocycles. The molecule has 0 aliphatic heterocycles. The summed E-state index contributed by atoms with van der Waals surface area (Å²) < 4.78 is 74.6.